The molecule has 1 amide bonds. The first kappa shape index (κ1) is 18.0. The van der Waals surface area contributed by atoms with Gasteiger partial charge in [0.25, 0.3) is 0 Å². The molecule has 0 spiro atoms. The van der Waals surface area contributed by atoms with Crippen molar-refractivity contribution < 1.29 is 14.3 Å². The van der Waals surface area contributed by atoms with Gasteiger partial charge < -0.3 is 10.1 Å². The van der Waals surface area contributed by atoms with E-state index in [1.54, 1.807) is 19.1 Å². The summed E-state index contributed by atoms with van der Waals surface area (Å²) in [5, 5.41) is 3.19. The van der Waals surface area contributed by atoms with Gasteiger partial charge in [-0.15, -0.1) is 0 Å². The number of nitrogens with one attached hydrogen (secondary N) is 1. The lowest BCUT2D eigenvalue weighted by molar-refractivity contribution is -0.117. The van der Waals surface area contributed by atoms with Crippen LogP contribution in [-0.4, -0.2) is 18.5 Å². The van der Waals surface area contributed by atoms with Crippen molar-refractivity contribution in [2.24, 2.45) is 0 Å². The van der Waals surface area contributed by atoms with E-state index in [-0.39, 0.29) is 18.4 Å². The molecule has 0 aliphatic carbocycles. The summed E-state index contributed by atoms with van der Waals surface area (Å²) < 4.78 is 4.97. The average Bonchev–Trinajstić information content (AvgIpc) is 2.58. The molecule has 2 aromatic rings. The normalized spacial score (nSPS) is 11.6. The van der Waals surface area contributed by atoms with E-state index in [0.717, 1.165) is 5.56 Å². The van der Waals surface area contributed by atoms with Crippen LogP contribution in [0.4, 0.5) is 5.69 Å². The van der Waals surface area contributed by atoms with Gasteiger partial charge in [-0.1, -0.05) is 48.9 Å². The predicted molar refractivity (Wildman–Crippen MR) is 95.5 cm³/mol. The van der Waals surface area contributed by atoms with Gasteiger partial charge in [0, 0.05) is 0 Å². The lowest BCUT2D eigenvalue weighted by atomic mass is 9.95. The zero-order chi connectivity index (χ0) is 17.5. The molecular formula is C19H20ClNO3. The average molecular weight is 346 g/mol. The molecule has 0 heterocycles. The summed E-state index contributed by atoms with van der Waals surface area (Å²) in [5.74, 6) is -0.889. The molecule has 24 heavy (non-hydrogen) atoms. The Morgan fingerprint density at radius 1 is 1.12 bits per heavy atom. The van der Waals surface area contributed by atoms with Crippen molar-refractivity contribution in [1.82, 2.24) is 0 Å². The standard InChI is InChI=1S/C19H20ClNO3/c1-3-15(13-8-6-5-7-9-13)18(22)21-17-12-14(10-11-16(17)20)19(23)24-4-2/h5-12,15H,3-4H2,1-2H3,(H,21,22)/t15-/m0/s1. The predicted octanol–water partition coefficient (Wildman–Crippen LogP) is 4.65. The molecule has 0 aromatic heterocycles. The first-order valence-electron chi connectivity index (χ1n) is 7.89. The highest BCUT2D eigenvalue weighted by molar-refractivity contribution is 6.34. The van der Waals surface area contributed by atoms with Crippen molar-refractivity contribution in [3.63, 3.8) is 0 Å². The second-order valence-electron chi connectivity index (χ2n) is 5.28. The number of carbonyl (C=O) groups excluding carboxylic acids is 2. The Labute approximate surface area is 146 Å². The monoisotopic (exact) mass is 345 g/mol. The summed E-state index contributed by atoms with van der Waals surface area (Å²) >= 11 is 6.15. The Morgan fingerprint density at radius 3 is 2.46 bits per heavy atom. The lowest BCUT2D eigenvalue weighted by Crippen LogP contribution is -2.21. The van der Waals surface area contributed by atoms with Crippen LogP contribution in [0, 0.1) is 0 Å². The Morgan fingerprint density at radius 2 is 1.83 bits per heavy atom. The highest BCUT2D eigenvalue weighted by atomic mass is 35.5. The fraction of sp³-hybridized carbons (Fsp3) is 0.263. The van der Waals surface area contributed by atoms with Crippen LogP contribution in [0.25, 0.3) is 0 Å². The van der Waals surface area contributed by atoms with E-state index >= 15 is 0 Å². The molecule has 0 saturated heterocycles. The molecule has 2 rings (SSSR count). The molecule has 1 atom stereocenters. The lowest BCUT2D eigenvalue weighted by Gasteiger charge is -2.16. The third-order valence-corrected chi connectivity index (χ3v) is 3.99. The van der Waals surface area contributed by atoms with Crippen molar-refractivity contribution in [3.05, 3.63) is 64.7 Å². The van der Waals surface area contributed by atoms with E-state index in [1.165, 1.54) is 6.07 Å². The minimum atomic E-state index is -0.445. The van der Waals surface area contributed by atoms with Crippen molar-refractivity contribution in [1.29, 1.82) is 0 Å². The molecule has 1 N–H and O–H groups in total. The van der Waals surface area contributed by atoms with Crippen LogP contribution < -0.4 is 5.32 Å². The minimum Gasteiger partial charge on any atom is -0.462 e. The number of carbonyl (C=O) groups is 2. The van der Waals surface area contributed by atoms with Crippen LogP contribution in [-0.2, 0) is 9.53 Å². The summed E-state index contributed by atoms with van der Waals surface area (Å²) in [6.07, 6.45) is 0.658. The maximum absolute atomic E-state index is 12.6. The van der Waals surface area contributed by atoms with E-state index < -0.39 is 5.97 Å². The molecule has 0 aliphatic rings. The summed E-state index contributed by atoms with van der Waals surface area (Å²) in [4.78, 5) is 24.4. The topological polar surface area (TPSA) is 55.4 Å². The number of ether oxygens (including phenoxy) is 1. The second-order valence-corrected chi connectivity index (χ2v) is 5.68. The molecule has 0 radical (unpaired) electrons. The summed E-state index contributed by atoms with van der Waals surface area (Å²) in [7, 11) is 0. The molecule has 4 nitrogen and oxygen atoms in total. The van der Waals surface area contributed by atoms with Gasteiger partial charge in [0.05, 0.1) is 28.8 Å². The number of amides is 1. The van der Waals surface area contributed by atoms with Gasteiger partial charge in [-0.25, -0.2) is 4.79 Å². The fourth-order valence-corrected chi connectivity index (χ4v) is 2.60. The molecule has 0 bridgehead atoms. The highest BCUT2D eigenvalue weighted by Crippen LogP contribution is 2.27. The largest absolute Gasteiger partial charge is 0.462 e. The molecule has 126 valence electrons. The van der Waals surface area contributed by atoms with E-state index in [2.05, 4.69) is 5.32 Å². The molecule has 0 aliphatic heterocycles. The number of benzene rings is 2. The SMILES string of the molecule is CCOC(=O)c1ccc(Cl)c(NC(=O)[C@@H](CC)c2ccccc2)c1. The Bertz CT molecular complexity index is 716. The number of anilines is 1. The van der Waals surface area contributed by atoms with Crippen LogP contribution in [0.1, 0.15) is 42.1 Å². The zero-order valence-electron chi connectivity index (χ0n) is 13.7. The number of hydrogen-bond donors (Lipinski definition) is 1. The van der Waals surface area contributed by atoms with Crippen molar-refractivity contribution in [2.45, 2.75) is 26.2 Å². The van der Waals surface area contributed by atoms with Crippen molar-refractivity contribution in [3.8, 4) is 0 Å². The van der Waals surface area contributed by atoms with Crippen molar-refractivity contribution >= 4 is 29.2 Å². The molecule has 5 heteroatoms. The first-order chi connectivity index (χ1) is 11.6. The van der Waals surface area contributed by atoms with E-state index in [4.69, 9.17) is 16.3 Å². The summed E-state index contributed by atoms with van der Waals surface area (Å²) in [6.45, 7) is 3.98. The van der Waals surface area contributed by atoms with Crippen LogP contribution in [0.2, 0.25) is 5.02 Å². The number of halogens is 1. The highest BCUT2D eigenvalue weighted by Gasteiger charge is 2.20. The number of rotatable bonds is 6. The molecular weight excluding hydrogens is 326 g/mol. The number of hydrogen-bond acceptors (Lipinski definition) is 3. The van der Waals surface area contributed by atoms with Gasteiger partial charge in [-0.3, -0.25) is 4.79 Å². The first-order valence-corrected chi connectivity index (χ1v) is 8.27. The van der Waals surface area contributed by atoms with Crippen LogP contribution in [0.15, 0.2) is 48.5 Å². The van der Waals surface area contributed by atoms with Crippen LogP contribution in [0.3, 0.4) is 0 Å². The van der Waals surface area contributed by atoms with Gasteiger partial charge in [-0.2, -0.15) is 0 Å². The van der Waals surface area contributed by atoms with Crippen LogP contribution >= 0.6 is 11.6 Å². The molecule has 0 fully saturated rings. The van der Waals surface area contributed by atoms with Gasteiger partial charge >= 0.3 is 5.97 Å². The third-order valence-electron chi connectivity index (χ3n) is 3.66. The Hall–Kier alpha value is -2.33. The third kappa shape index (κ3) is 4.36. The quantitative estimate of drug-likeness (QED) is 0.775. The summed E-state index contributed by atoms with van der Waals surface area (Å²) in [5.41, 5.74) is 1.70. The second kappa shape index (κ2) is 8.50. The van der Waals surface area contributed by atoms with Crippen molar-refractivity contribution in [2.75, 3.05) is 11.9 Å². The van der Waals surface area contributed by atoms with Gasteiger partial charge in [0.2, 0.25) is 5.91 Å². The molecule has 0 saturated carbocycles. The fourth-order valence-electron chi connectivity index (χ4n) is 2.44. The smallest absolute Gasteiger partial charge is 0.338 e. The maximum Gasteiger partial charge on any atom is 0.338 e. The minimum absolute atomic E-state index is 0.161. The van der Waals surface area contributed by atoms with Gasteiger partial charge in [0.1, 0.15) is 0 Å². The van der Waals surface area contributed by atoms with Gasteiger partial charge in [-0.05, 0) is 37.1 Å². The van der Waals surface area contributed by atoms with E-state index in [1.807, 2.05) is 37.3 Å². The summed E-state index contributed by atoms with van der Waals surface area (Å²) in [6, 6.07) is 14.2. The Balaban J connectivity index is 2.21. The van der Waals surface area contributed by atoms with E-state index in [9.17, 15) is 9.59 Å². The Kier molecular flexibility index (Phi) is 6.38. The number of esters is 1. The van der Waals surface area contributed by atoms with E-state index in [0.29, 0.717) is 22.7 Å². The zero-order valence-corrected chi connectivity index (χ0v) is 14.5. The molecule has 2 aromatic carbocycles. The molecule has 0 unspecified atom stereocenters. The van der Waals surface area contributed by atoms with Gasteiger partial charge in [0.15, 0.2) is 0 Å². The maximum atomic E-state index is 12.6. The van der Waals surface area contributed by atoms with Crippen LogP contribution in [0.5, 0.6) is 0 Å².